The van der Waals surface area contributed by atoms with Crippen LogP contribution < -0.4 is 10.7 Å². The summed E-state index contributed by atoms with van der Waals surface area (Å²) in [6.45, 7) is 1.92. The van der Waals surface area contributed by atoms with Crippen molar-refractivity contribution in [2.24, 2.45) is 0 Å². The molecule has 5 rings (SSSR count). The Morgan fingerprint density at radius 1 is 1.19 bits per heavy atom. The molecule has 5 aromatic rings. The summed E-state index contributed by atoms with van der Waals surface area (Å²) < 4.78 is 20.2. The molecule has 1 atom stereocenters. The maximum Gasteiger partial charge on any atom is 0.293 e. The molecule has 3 N–H and O–H groups in total. The van der Waals surface area contributed by atoms with Gasteiger partial charge in [-0.15, -0.1) is 0 Å². The number of rotatable bonds is 5. The van der Waals surface area contributed by atoms with Crippen LogP contribution in [0.3, 0.4) is 0 Å². The lowest BCUT2D eigenvalue weighted by atomic mass is 9.97. The highest BCUT2D eigenvalue weighted by Gasteiger charge is 2.24. The van der Waals surface area contributed by atoms with Crippen LogP contribution in [0.4, 0.5) is 10.2 Å². The third-order valence-corrected chi connectivity index (χ3v) is 5.24. The summed E-state index contributed by atoms with van der Waals surface area (Å²) in [5, 5.41) is 13.4. The van der Waals surface area contributed by atoms with Crippen molar-refractivity contribution in [1.82, 2.24) is 19.9 Å². The molecular weight excluding hydrogens is 413 g/mol. The van der Waals surface area contributed by atoms with Gasteiger partial charge < -0.3 is 14.8 Å². The SMILES string of the molecule is CC[C@@H](Nc1ncnc2[nH]c(O)nc12)c1oc2ccccc2c(=O)c1-c1cccc(F)c1. The van der Waals surface area contributed by atoms with E-state index in [1.807, 2.05) is 6.92 Å². The fraction of sp³-hybridized carbons (Fsp3) is 0.130. The lowest BCUT2D eigenvalue weighted by Crippen LogP contribution is -2.17. The molecule has 0 bridgehead atoms. The van der Waals surface area contributed by atoms with Gasteiger partial charge in [-0.2, -0.15) is 4.98 Å². The summed E-state index contributed by atoms with van der Waals surface area (Å²) in [5.41, 5.74) is 1.58. The van der Waals surface area contributed by atoms with Gasteiger partial charge in [0.1, 0.15) is 23.5 Å². The van der Waals surface area contributed by atoms with Gasteiger partial charge in [0.25, 0.3) is 6.01 Å². The van der Waals surface area contributed by atoms with Gasteiger partial charge >= 0.3 is 0 Å². The van der Waals surface area contributed by atoms with Crippen LogP contribution in [0, 0.1) is 5.82 Å². The number of para-hydroxylation sites is 1. The van der Waals surface area contributed by atoms with Crippen LogP contribution in [0.25, 0.3) is 33.3 Å². The van der Waals surface area contributed by atoms with Gasteiger partial charge in [0.2, 0.25) is 5.43 Å². The summed E-state index contributed by atoms with van der Waals surface area (Å²) in [7, 11) is 0. The monoisotopic (exact) mass is 431 g/mol. The minimum atomic E-state index is -0.498. The minimum absolute atomic E-state index is 0.252. The first-order chi connectivity index (χ1) is 15.5. The van der Waals surface area contributed by atoms with Crippen molar-refractivity contribution in [2.75, 3.05) is 5.32 Å². The van der Waals surface area contributed by atoms with Crippen LogP contribution in [-0.4, -0.2) is 25.0 Å². The summed E-state index contributed by atoms with van der Waals surface area (Å²) in [4.78, 5) is 28.4. The predicted octanol–water partition coefficient (Wildman–Crippen LogP) is 4.53. The minimum Gasteiger partial charge on any atom is -0.480 e. The molecule has 160 valence electrons. The molecule has 0 amide bonds. The molecule has 9 heteroatoms. The van der Waals surface area contributed by atoms with Crippen molar-refractivity contribution in [3.05, 3.63) is 76.7 Å². The molecule has 3 heterocycles. The fourth-order valence-corrected chi connectivity index (χ4v) is 3.76. The molecule has 0 fully saturated rings. The molecule has 0 saturated carbocycles. The van der Waals surface area contributed by atoms with E-state index in [2.05, 4.69) is 25.3 Å². The molecular formula is C23H18FN5O3. The summed E-state index contributed by atoms with van der Waals surface area (Å²) in [6.07, 6.45) is 1.85. The fourth-order valence-electron chi connectivity index (χ4n) is 3.76. The predicted molar refractivity (Wildman–Crippen MR) is 118 cm³/mol. The number of halogens is 1. The zero-order chi connectivity index (χ0) is 22.2. The number of anilines is 1. The van der Waals surface area contributed by atoms with Crippen LogP contribution in [0.5, 0.6) is 6.01 Å². The van der Waals surface area contributed by atoms with Gasteiger partial charge in [-0.05, 0) is 36.2 Å². The van der Waals surface area contributed by atoms with E-state index in [4.69, 9.17) is 4.42 Å². The van der Waals surface area contributed by atoms with Crippen molar-refractivity contribution in [3.63, 3.8) is 0 Å². The van der Waals surface area contributed by atoms with Gasteiger partial charge in [0, 0.05) is 0 Å². The topological polar surface area (TPSA) is 117 Å². The molecule has 0 aliphatic heterocycles. The number of aromatic nitrogens is 4. The summed E-state index contributed by atoms with van der Waals surface area (Å²) >= 11 is 0. The van der Waals surface area contributed by atoms with Crippen LogP contribution in [-0.2, 0) is 0 Å². The van der Waals surface area contributed by atoms with Gasteiger partial charge in [-0.1, -0.05) is 31.2 Å². The van der Waals surface area contributed by atoms with Crippen molar-refractivity contribution in [1.29, 1.82) is 0 Å². The van der Waals surface area contributed by atoms with Crippen molar-refractivity contribution >= 4 is 28.0 Å². The van der Waals surface area contributed by atoms with Crippen molar-refractivity contribution < 1.29 is 13.9 Å². The summed E-state index contributed by atoms with van der Waals surface area (Å²) in [6, 6.07) is 12.0. The molecule has 0 aliphatic rings. The standard InChI is InChI=1S/C23H18FN5O3/c1-2-15(27-21-18-22(26-11-25-21)29-23(31)28-18)20-17(12-6-5-7-13(24)10-12)19(30)14-8-3-4-9-16(14)32-20/h3-11,15H,2H2,1H3,(H3,25,26,27,28,29,31)/t15-/m1/s1. The molecule has 0 aliphatic carbocycles. The smallest absolute Gasteiger partial charge is 0.293 e. The van der Waals surface area contributed by atoms with Gasteiger partial charge in [0.15, 0.2) is 17.0 Å². The number of hydrogen-bond acceptors (Lipinski definition) is 7. The lowest BCUT2D eigenvalue weighted by molar-refractivity contribution is 0.438. The number of imidazole rings is 1. The van der Waals surface area contributed by atoms with E-state index in [1.165, 1.54) is 18.5 Å². The van der Waals surface area contributed by atoms with E-state index in [0.717, 1.165) is 0 Å². The Kier molecular flexibility index (Phi) is 4.78. The number of benzene rings is 2. The first-order valence-electron chi connectivity index (χ1n) is 10.0. The Labute approximate surface area is 180 Å². The molecule has 0 radical (unpaired) electrons. The van der Waals surface area contributed by atoms with Crippen LogP contribution in [0.15, 0.2) is 64.1 Å². The molecule has 8 nitrogen and oxygen atoms in total. The van der Waals surface area contributed by atoms with Crippen LogP contribution >= 0.6 is 0 Å². The molecule has 0 unspecified atom stereocenters. The number of H-pyrrole nitrogens is 1. The van der Waals surface area contributed by atoms with Crippen LogP contribution in [0.1, 0.15) is 25.1 Å². The van der Waals surface area contributed by atoms with Crippen molar-refractivity contribution in [2.45, 2.75) is 19.4 Å². The average molecular weight is 431 g/mol. The number of aromatic amines is 1. The molecule has 2 aromatic carbocycles. The largest absolute Gasteiger partial charge is 0.480 e. The number of hydrogen-bond donors (Lipinski definition) is 3. The highest BCUT2D eigenvalue weighted by Crippen LogP contribution is 2.33. The Morgan fingerprint density at radius 3 is 2.84 bits per heavy atom. The van der Waals surface area contributed by atoms with Gasteiger partial charge in [-0.3, -0.25) is 9.78 Å². The third kappa shape index (κ3) is 3.33. The second kappa shape index (κ2) is 7.77. The highest BCUT2D eigenvalue weighted by atomic mass is 19.1. The maximum absolute atomic E-state index is 14.0. The second-order valence-corrected chi connectivity index (χ2v) is 7.26. The number of nitrogens with one attached hydrogen (secondary N) is 2. The third-order valence-electron chi connectivity index (χ3n) is 5.24. The molecule has 32 heavy (non-hydrogen) atoms. The van der Waals surface area contributed by atoms with Gasteiger partial charge in [0.05, 0.1) is 17.0 Å². The van der Waals surface area contributed by atoms with E-state index < -0.39 is 11.9 Å². The quantitative estimate of drug-likeness (QED) is 0.374. The Bertz CT molecular complexity index is 1510. The van der Waals surface area contributed by atoms with Crippen LogP contribution in [0.2, 0.25) is 0 Å². The first-order valence-corrected chi connectivity index (χ1v) is 10.0. The number of aromatic hydroxyl groups is 1. The lowest BCUT2D eigenvalue weighted by Gasteiger charge is -2.20. The van der Waals surface area contributed by atoms with Gasteiger partial charge in [-0.25, -0.2) is 14.4 Å². The normalized spacial score (nSPS) is 12.3. The van der Waals surface area contributed by atoms with E-state index in [9.17, 15) is 14.3 Å². The number of nitrogens with zero attached hydrogens (tertiary/aromatic N) is 3. The molecule has 0 saturated heterocycles. The Balaban J connectivity index is 1.72. The first kappa shape index (κ1) is 19.7. The zero-order valence-electron chi connectivity index (χ0n) is 17.0. The van der Waals surface area contributed by atoms with Crippen molar-refractivity contribution in [3.8, 4) is 17.1 Å². The second-order valence-electron chi connectivity index (χ2n) is 7.26. The average Bonchev–Trinajstić information content (AvgIpc) is 3.18. The highest BCUT2D eigenvalue weighted by molar-refractivity contribution is 5.85. The Morgan fingerprint density at radius 2 is 2.03 bits per heavy atom. The van der Waals surface area contributed by atoms with E-state index in [0.29, 0.717) is 45.7 Å². The molecule has 0 spiro atoms. The Hall–Kier alpha value is -4.27. The number of fused-ring (bicyclic) bond motifs is 2. The molecule has 3 aromatic heterocycles. The van der Waals surface area contributed by atoms with E-state index in [1.54, 1.807) is 36.4 Å². The summed E-state index contributed by atoms with van der Waals surface area (Å²) in [5.74, 6) is 0.263. The maximum atomic E-state index is 14.0. The van der Waals surface area contributed by atoms with E-state index in [-0.39, 0.29) is 17.0 Å². The van der Waals surface area contributed by atoms with E-state index >= 15 is 0 Å². The zero-order valence-corrected chi connectivity index (χ0v) is 17.0.